The lowest BCUT2D eigenvalue weighted by atomic mass is 10.1. The van der Waals surface area contributed by atoms with E-state index in [0.29, 0.717) is 60.4 Å². The molecule has 40 heavy (non-hydrogen) atoms. The molecular weight excluding hydrogens is 524 g/mol. The summed E-state index contributed by atoms with van der Waals surface area (Å²) in [4.78, 5) is 45.3. The zero-order valence-corrected chi connectivity index (χ0v) is 24.2. The van der Waals surface area contributed by atoms with Crippen molar-refractivity contribution in [1.82, 2.24) is 9.80 Å². The van der Waals surface area contributed by atoms with E-state index >= 15 is 0 Å². The normalized spacial score (nSPS) is 13.6. The molecule has 1 heterocycles. The van der Waals surface area contributed by atoms with E-state index in [1.54, 1.807) is 42.3 Å². The second-order valence-corrected chi connectivity index (χ2v) is 11.1. The molecule has 1 aliphatic heterocycles. The molecule has 1 fully saturated rings. The van der Waals surface area contributed by atoms with Crippen LogP contribution < -0.4 is 10.2 Å². The third-order valence-corrected chi connectivity index (χ3v) is 7.22. The van der Waals surface area contributed by atoms with Crippen molar-refractivity contribution in [2.75, 3.05) is 43.4 Å². The monoisotopic (exact) mass is 560 g/mol. The first-order valence-corrected chi connectivity index (χ1v) is 14.1. The maximum atomic E-state index is 13.8. The lowest BCUT2D eigenvalue weighted by Gasteiger charge is -2.28. The SMILES string of the molecule is CC(C)CC(=O)N1CCCN(c2ccc(NC(=O)c3ccc(Cl)cc3)cc2C(=O)N(C)Cc2ccccc2)CC1. The summed E-state index contributed by atoms with van der Waals surface area (Å²) >= 11 is 5.97. The molecule has 0 unspecified atom stereocenters. The predicted molar refractivity (Wildman–Crippen MR) is 161 cm³/mol. The molecule has 0 saturated carbocycles. The Morgan fingerprint density at radius 2 is 1.65 bits per heavy atom. The van der Waals surface area contributed by atoms with Gasteiger partial charge in [-0.3, -0.25) is 14.4 Å². The fourth-order valence-corrected chi connectivity index (χ4v) is 5.01. The number of nitrogens with one attached hydrogen (secondary N) is 1. The van der Waals surface area contributed by atoms with Gasteiger partial charge in [-0.15, -0.1) is 0 Å². The van der Waals surface area contributed by atoms with Crippen molar-refractivity contribution < 1.29 is 14.4 Å². The topological polar surface area (TPSA) is 73.0 Å². The van der Waals surface area contributed by atoms with E-state index in [0.717, 1.165) is 24.2 Å². The number of benzene rings is 3. The minimum Gasteiger partial charge on any atom is -0.369 e. The number of nitrogens with zero attached hydrogens (tertiary/aromatic N) is 3. The first-order chi connectivity index (χ1) is 19.2. The highest BCUT2D eigenvalue weighted by Gasteiger charge is 2.25. The molecule has 3 aromatic rings. The molecule has 1 aliphatic rings. The maximum absolute atomic E-state index is 13.8. The van der Waals surface area contributed by atoms with Crippen LogP contribution in [0.1, 0.15) is 53.0 Å². The van der Waals surface area contributed by atoms with Crippen LogP contribution in [-0.2, 0) is 11.3 Å². The minimum atomic E-state index is -0.283. The smallest absolute Gasteiger partial charge is 0.256 e. The average molecular weight is 561 g/mol. The number of amides is 3. The quantitative estimate of drug-likeness (QED) is 0.369. The molecule has 1 N–H and O–H groups in total. The molecule has 7 nitrogen and oxygen atoms in total. The van der Waals surface area contributed by atoms with Gasteiger partial charge < -0.3 is 20.0 Å². The molecule has 0 atom stereocenters. The molecule has 1 saturated heterocycles. The number of hydrogen-bond acceptors (Lipinski definition) is 4. The molecule has 0 spiro atoms. The molecule has 3 aromatic carbocycles. The highest BCUT2D eigenvalue weighted by Crippen LogP contribution is 2.28. The standard InChI is InChI=1S/C32H37ClN4O3/c1-23(2)20-30(38)37-17-7-16-36(18-19-37)29-15-14-27(34-31(39)25-10-12-26(33)13-11-25)21-28(29)32(40)35(3)22-24-8-5-4-6-9-24/h4-6,8-15,21,23H,7,16-20,22H2,1-3H3,(H,34,39). The van der Waals surface area contributed by atoms with Crippen LogP contribution in [0, 0.1) is 5.92 Å². The summed E-state index contributed by atoms with van der Waals surface area (Å²) < 4.78 is 0. The molecule has 0 aromatic heterocycles. The summed E-state index contributed by atoms with van der Waals surface area (Å²) in [5, 5.41) is 3.47. The van der Waals surface area contributed by atoms with Crippen molar-refractivity contribution in [2.24, 2.45) is 5.92 Å². The number of halogens is 1. The Balaban J connectivity index is 1.59. The van der Waals surface area contributed by atoms with E-state index in [1.807, 2.05) is 47.4 Å². The summed E-state index contributed by atoms with van der Waals surface area (Å²) in [6.07, 6.45) is 1.35. The largest absolute Gasteiger partial charge is 0.369 e. The minimum absolute atomic E-state index is 0.140. The fourth-order valence-electron chi connectivity index (χ4n) is 4.89. The Bertz CT molecular complexity index is 1330. The van der Waals surface area contributed by atoms with Crippen molar-refractivity contribution in [3.63, 3.8) is 0 Å². The maximum Gasteiger partial charge on any atom is 0.256 e. The molecule has 0 bridgehead atoms. The number of rotatable bonds is 8. The van der Waals surface area contributed by atoms with Gasteiger partial charge in [0.05, 0.1) is 5.56 Å². The zero-order chi connectivity index (χ0) is 28.6. The van der Waals surface area contributed by atoms with Gasteiger partial charge in [0.15, 0.2) is 0 Å². The van der Waals surface area contributed by atoms with E-state index in [1.165, 1.54) is 0 Å². The molecule has 3 amide bonds. The Kier molecular flexibility index (Phi) is 9.83. The van der Waals surface area contributed by atoms with Crippen LogP contribution in [0.4, 0.5) is 11.4 Å². The second kappa shape index (κ2) is 13.5. The van der Waals surface area contributed by atoms with Gasteiger partial charge in [-0.1, -0.05) is 55.8 Å². The predicted octanol–water partition coefficient (Wildman–Crippen LogP) is 5.95. The number of carbonyl (C=O) groups excluding carboxylic acids is 3. The van der Waals surface area contributed by atoms with Gasteiger partial charge in [0, 0.05) is 68.2 Å². The third kappa shape index (κ3) is 7.63. The van der Waals surface area contributed by atoms with Crippen molar-refractivity contribution in [3.05, 3.63) is 94.5 Å². The Morgan fingerprint density at radius 1 is 0.925 bits per heavy atom. The van der Waals surface area contributed by atoms with Crippen molar-refractivity contribution >= 4 is 40.7 Å². The molecule has 0 aliphatic carbocycles. The highest BCUT2D eigenvalue weighted by atomic mass is 35.5. The van der Waals surface area contributed by atoms with Crippen LogP contribution in [0.5, 0.6) is 0 Å². The van der Waals surface area contributed by atoms with E-state index in [9.17, 15) is 14.4 Å². The first kappa shape index (κ1) is 29.2. The average Bonchev–Trinajstić information content (AvgIpc) is 3.19. The van der Waals surface area contributed by atoms with Crippen molar-refractivity contribution in [3.8, 4) is 0 Å². The summed E-state index contributed by atoms with van der Waals surface area (Å²) in [6.45, 7) is 7.23. The van der Waals surface area contributed by atoms with E-state index in [-0.39, 0.29) is 17.7 Å². The van der Waals surface area contributed by atoms with Crippen LogP contribution in [0.2, 0.25) is 5.02 Å². The molecule has 8 heteroatoms. The highest BCUT2D eigenvalue weighted by molar-refractivity contribution is 6.30. The second-order valence-electron chi connectivity index (χ2n) is 10.7. The number of carbonyl (C=O) groups is 3. The van der Waals surface area contributed by atoms with Gasteiger partial charge in [0.1, 0.15) is 0 Å². The van der Waals surface area contributed by atoms with Crippen LogP contribution >= 0.6 is 11.6 Å². The van der Waals surface area contributed by atoms with Crippen LogP contribution in [0.25, 0.3) is 0 Å². The third-order valence-electron chi connectivity index (χ3n) is 6.97. The van der Waals surface area contributed by atoms with Crippen molar-refractivity contribution in [2.45, 2.75) is 33.2 Å². The summed E-state index contributed by atoms with van der Waals surface area (Å²) in [5.74, 6) is 0.0656. The van der Waals surface area contributed by atoms with Crippen LogP contribution in [0.3, 0.4) is 0 Å². The first-order valence-electron chi connectivity index (χ1n) is 13.7. The van der Waals surface area contributed by atoms with Gasteiger partial charge in [-0.25, -0.2) is 0 Å². The summed E-state index contributed by atoms with van der Waals surface area (Å²) in [6, 6.07) is 22.0. The van der Waals surface area contributed by atoms with Gasteiger partial charge in [0.25, 0.3) is 11.8 Å². The lowest BCUT2D eigenvalue weighted by molar-refractivity contribution is -0.131. The number of hydrogen-bond donors (Lipinski definition) is 1. The molecule has 210 valence electrons. The van der Waals surface area contributed by atoms with Gasteiger partial charge >= 0.3 is 0 Å². The van der Waals surface area contributed by atoms with E-state index in [2.05, 4.69) is 24.1 Å². The van der Waals surface area contributed by atoms with Crippen LogP contribution in [0.15, 0.2) is 72.8 Å². The van der Waals surface area contributed by atoms with Gasteiger partial charge in [-0.05, 0) is 60.4 Å². The zero-order valence-electron chi connectivity index (χ0n) is 23.4. The summed E-state index contributed by atoms with van der Waals surface area (Å²) in [5.41, 5.74) is 3.34. The van der Waals surface area contributed by atoms with Gasteiger partial charge in [-0.2, -0.15) is 0 Å². The lowest BCUT2D eigenvalue weighted by Crippen LogP contribution is -2.36. The Hall–Kier alpha value is -3.84. The van der Waals surface area contributed by atoms with Gasteiger partial charge in [0.2, 0.25) is 5.91 Å². The fraction of sp³-hybridized carbons (Fsp3) is 0.344. The molecule has 4 rings (SSSR count). The number of anilines is 2. The summed E-state index contributed by atoms with van der Waals surface area (Å²) in [7, 11) is 1.78. The van der Waals surface area contributed by atoms with Crippen LogP contribution in [-0.4, -0.2) is 60.7 Å². The molecular formula is C32H37ClN4O3. The molecule has 0 radical (unpaired) electrons. The Morgan fingerprint density at radius 3 is 2.35 bits per heavy atom. The van der Waals surface area contributed by atoms with Crippen molar-refractivity contribution in [1.29, 1.82) is 0 Å². The van der Waals surface area contributed by atoms with E-state index < -0.39 is 0 Å². The van der Waals surface area contributed by atoms with E-state index in [4.69, 9.17) is 11.6 Å². The Labute approximate surface area is 241 Å².